The van der Waals surface area contributed by atoms with Gasteiger partial charge in [0.2, 0.25) is 5.91 Å². The Morgan fingerprint density at radius 3 is 1.89 bits per heavy atom. The predicted molar refractivity (Wildman–Crippen MR) is 100 cm³/mol. The Kier molecular flexibility index (Phi) is 5.21. The van der Waals surface area contributed by atoms with E-state index in [4.69, 9.17) is 0 Å². The van der Waals surface area contributed by atoms with Gasteiger partial charge in [-0.2, -0.15) is 0 Å². The van der Waals surface area contributed by atoms with Crippen molar-refractivity contribution in [3.05, 3.63) is 71.3 Å². The molecule has 1 amide bonds. The molecule has 2 aromatic rings. The minimum absolute atomic E-state index is 0.0139. The number of rotatable bonds is 5. The summed E-state index contributed by atoms with van der Waals surface area (Å²) in [6, 6.07) is 12.8. The van der Waals surface area contributed by atoms with E-state index < -0.39 is 6.04 Å². The van der Waals surface area contributed by atoms with Crippen molar-refractivity contribution in [2.75, 3.05) is 0 Å². The Morgan fingerprint density at radius 2 is 1.41 bits per heavy atom. The van der Waals surface area contributed by atoms with Crippen molar-refractivity contribution in [1.82, 2.24) is 10.6 Å². The van der Waals surface area contributed by atoms with E-state index in [1.165, 1.54) is 37.1 Å². The maximum atomic E-state index is 13.3. The van der Waals surface area contributed by atoms with Crippen LogP contribution < -0.4 is 10.6 Å². The molecule has 0 radical (unpaired) electrons. The average molecular weight is 370 g/mol. The van der Waals surface area contributed by atoms with Crippen molar-refractivity contribution in [3.8, 4) is 0 Å². The summed E-state index contributed by atoms with van der Waals surface area (Å²) in [6.07, 6.45) is 4.99. The van der Waals surface area contributed by atoms with E-state index in [2.05, 4.69) is 10.6 Å². The van der Waals surface area contributed by atoms with Gasteiger partial charge in [-0.3, -0.25) is 4.79 Å². The number of hydrogen-bond donors (Lipinski definition) is 2. The lowest BCUT2D eigenvalue weighted by atomic mass is 9.89. The molecule has 0 spiro atoms. The van der Waals surface area contributed by atoms with Gasteiger partial charge in [0.25, 0.3) is 0 Å². The molecule has 2 aliphatic heterocycles. The first-order valence-corrected chi connectivity index (χ1v) is 9.63. The Balaban J connectivity index is 1.49. The molecular weight excluding hydrogens is 346 g/mol. The second-order valence-electron chi connectivity index (χ2n) is 7.78. The zero-order valence-electron chi connectivity index (χ0n) is 15.1. The largest absolute Gasteiger partial charge is 0.345 e. The fourth-order valence-corrected chi connectivity index (χ4v) is 4.49. The molecule has 0 aliphatic carbocycles. The van der Waals surface area contributed by atoms with Crippen LogP contribution >= 0.6 is 0 Å². The van der Waals surface area contributed by atoms with Crippen LogP contribution in [0.4, 0.5) is 8.78 Å². The standard InChI is InChI=1S/C22H24F2N2O/c23-17-5-1-15(2-6-17)22(16-3-7-18(24)8-4-16)26-21(27)13-14-11-19-9-10-20(12-14)25-19/h1-8,14,19-20,22,25H,9-13H2,(H,26,27). The van der Waals surface area contributed by atoms with Gasteiger partial charge in [-0.25, -0.2) is 8.78 Å². The minimum atomic E-state index is -0.419. The molecule has 2 heterocycles. The van der Waals surface area contributed by atoms with E-state index in [1.54, 1.807) is 24.3 Å². The van der Waals surface area contributed by atoms with Crippen molar-refractivity contribution < 1.29 is 13.6 Å². The second-order valence-corrected chi connectivity index (χ2v) is 7.78. The molecular formula is C22H24F2N2O. The summed E-state index contributed by atoms with van der Waals surface area (Å²) < 4.78 is 26.6. The molecule has 2 atom stereocenters. The van der Waals surface area contributed by atoms with E-state index in [9.17, 15) is 13.6 Å². The monoisotopic (exact) mass is 370 g/mol. The predicted octanol–water partition coefficient (Wildman–Crippen LogP) is 4.09. The molecule has 2 aliphatic rings. The van der Waals surface area contributed by atoms with Crippen molar-refractivity contribution in [2.24, 2.45) is 5.92 Å². The van der Waals surface area contributed by atoms with E-state index in [0.717, 1.165) is 24.0 Å². The smallest absolute Gasteiger partial charge is 0.221 e. The number of carbonyl (C=O) groups is 1. The number of nitrogens with one attached hydrogen (secondary N) is 2. The first-order chi connectivity index (χ1) is 13.1. The summed E-state index contributed by atoms with van der Waals surface area (Å²) in [5, 5.41) is 6.68. The van der Waals surface area contributed by atoms with Crippen LogP contribution in [0.2, 0.25) is 0 Å². The molecule has 27 heavy (non-hydrogen) atoms. The average Bonchev–Trinajstić information content (AvgIpc) is 3.00. The molecule has 142 valence electrons. The summed E-state index contributed by atoms with van der Waals surface area (Å²) in [4.78, 5) is 12.8. The van der Waals surface area contributed by atoms with Gasteiger partial charge in [-0.05, 0) is 67.0 Å². The lowest BCUT2D eigenvalue weighted by molar-refractivity contribution is -0.122. The van der Waals surface area contributed by atoms with E-state index in [0.29, 0.717) is 24.4 Å². The second kappa shape index (κ2) is 7.77. The normalized spacial score (nSPS) is 24.2. The number of piperidine rings is 1. The van der Waals surface area contributed by atoms with Crippen LogP contribution in [-0.2, 0) is 4.79 Å². The molecule has 2 unspecified atom stereocenters. The van der Waals surface area contributed by atoms with Gasteiger partial charge in [0.1, 0.15) is 11.6 Å². The number of amides is 1. The highest BCUT2D eigenvalue weighted by Crippen LogP contribution is 2.33. The van der Waals surface area contributed by atoms with Gasteiger partial charge in [0, 0.05) is 18.5 Å². The maximum absolute atomic E-state index is 13.3. The highest BCUT2D eigenvalue weighted by molar-refractivity contribution is 5.77. The first kappa shape index (κ1) is 18.1. The Morgan fingerprint density at radius 1 is 0.926 bits per heavy atom. The number of benzene rings is 2. The van der Waals surface area contributed by atoms with Gasteiger partial charge in [-0.15, -0.1) is 0 Å². The number of halogens is 2. The molecule has 2 aromatic carbocycles. The molecule has 5 heteroatoms. The molecule has 2 N–H and O–H groups in total. The summed E-state index contributed by atoms with van der Waals surface area (Å²) in [5.41, 5.74) is 1.56. The fourth-order valence-electron chi connectivity index (χ4n) is 4.49. The van der Waals surface area contributed by atoms with Gasteiger partial charge in [0.15, 0.2) is 0 Å². The highest BCUT2D eigenvalue weighted by Gasteiger charge is 2.34. The topological polar surface area (TPSA) is 41.1 Å². The molecule has 0 saturated carbocycles. The van der Waals surface area contributed by atoms with Crippen LogP contribution in [-0.4, -0.2) is 18.0 Å². The number of hydrogen-bond acceptors (Lipinski definition) is 2. The van der Waals surface area contributed by atoms with Crippen molar-refractivity contribution in [1.29, 1.82) is 0 Å². The summed E-state index contributed by atoms with van der Waals surface area (Å²) in [7, 11) is 0. The zero-order valence-corrected chi connectivity index (χ0v) is 15.1. The van der Waals surface area contributed by atoms with Crippen LogP contribution in [0.5, 0.6) is 0 Å². The third-order valence-corrected chi connectivity index (χ3v) is 5.76. The third kappa shape index (κ3) is 4.35. The Labute approximate surface area is 158 Å². The van der Waals surface area contributed by atoms with Gasteiger partial charge >= 0.3 is 0 Å². The quantitative estimate of drug-likeness (QED) is 0.832. The molecule has 0 aromatic heterocycles. The van der Waals surface area contributed by atoms with Crippen LogP contribution in [0.3, 0.4) is 0 Å². The molecule has 2 bridgehead atoms. The number of fused-ring (bicyclic) bond motifs is 2. The summed E-state index contributed by atoms with van der Waals surface area (Å²) in [6.45, 7) is 0. The first-order valence-electron chi connectivity index (χ1n) is 9.63. The molecule has 4 rings (SSSR count). The molecule has 2 saturated heterocycles. The van der Waals surface area contributed by atoms with Crippen LogP contribution in [0.15, 0.2) is 48.5 Å². The Bertz CT molecular complexity index is 733. The van der Waals surface area contributed by atoms with Crippen molar-refractivity contribution in [2.45, 2.75) is 50.2 Å². The SMILES string of the molecule is O=C(CC1CC2CCC(C1)N2)NC(c1ccc(F)cc1)c1ccc(F)cc1. The number of carbonyl (C=O) groups excluding carboxylic acids is 1. The van der Waals surface area contributed by atoms with Gasteiger partial charge < -0.3 is 10.6 Å². The minimum Gasteiger partial charge on any atom is -0.345 e. The van der Waals surface area contributed by atoms with Gasteiger partial charge in [0.05, 0.1) is 6.04 Å². The van der Waals surface area contributed by atoms with E-state index in [1.807, 2.05) is 0 Å². The van der Waals surface area contributed by atoms with Crippen molar-refractivity contribution in [3.63, 3.8) is 0 Å². The van der Waals surface area contributed by atoms with Crippen LogP contribution in [0.25, 0.3) is 0 Å². The zero-order chi connectivity index (χ0) is 18.8. The fraction of sp³-hybridized carbons (Fsp3) is 0.409. The van der Waals surface area contributed by atoms with Crippen LogP contribution in [0, 0.1) is 17.6 Å². The lowest BCUT2D eigenvalue weighted by Gasteiger charge is -2.29. The van der Waals surface area contributed by atoms with E-state index >= 15 is 0 Å². The summed E-state index contributed by atoms with van der Waals surface area (Å²) in [5.74, 6) is -0.271. The van der Waals surface area contributed by atoms with Crippen LogP contribution in [0.1, 0.15) is 49.3 Å². The van der Waals surface area contributed by atoms with E-state index in [-0.39, 0.29) is 17.5 Å². The lowest BCUT2D eigenvalue weighted by Crippen LogP contribution is -2.40. The Hall–Kier alpha value is -2.27. The van der Waals surface area contributed by atoms with Gasteiger partial charge in [-0.1, -0.05) is 24.3 Å². The molecule has 2 fully saturated rings. The van der Waals surface area contributed by atoms with Crippen molar-refractivity contribution >= 4 is 5.91 Å². The maximum Gasteiger partial charge on any atom is 0.221 e. The third-order valence-electron chi connectivity index (χ3n) is 5.76. The summed E-state index contributed by atoms with van der Waals surface area (Å²) >= 11 is 0. The molecule has 3 nitrogen and oxygen atoms in total. The highest BCUT2D eigenvalue weighted by atomic mass is 19.1.